The van der Waals surface area contributed by atoms with E-state index in [1.165, 1.54) is 11.3 Å². The van der Waals surface area contributed by atoms with Crippen LogP contribution in [-0.4, -0.2) is 19.2 Å². The summed E-state index contributed by atoms with van der Waals surface area (Å²) in [6, 6.07) is 4.91. The number of benzene rings is 1. The van der Waals surface area contributed by atoms with Gasteiger partial charge < -0.3 is 5.73 Å². The third-order valence-corrected chi connectivity index (χ3v) is 4.71. The van der Waals surface area contributed by atoms with Crippen LogP contribution >= 0.6 is 11.3 Å². The second kappa shape index (κ2) is 3.46. The number of hydrogen-bond donors (Lipinski definition) is 1. The van der Waals surface area contributed by atoms with E-state index in [-0.39, 0.29) is 5.75 Å². The lowest BCUT2D eigenvalue weighted by Gasteiger charge is -1.99. The Labute approximate surface area is 91.7 Å². The molecule has 1 heterocycles. The normalized spacial score (nSPS) is 12.1. The van der Waals surface area contributed by atoms with Gasteiger partial charge in [0.15, 0.2) is 15.0 Å². The number of aromatic nitrogens is 1. The predicted molar refractivity (Wildman–Crippen MR) is 61.8 cm³/mol. The largest absolute Gasteiger partial charge is 0.375 e. The Kier molecular flexibility index (Phi) is 2.40. The number of nitrogen functional groups attached to an aromatic ring is 1. The number of sulfone groups is 1. The van der Waals surface area contributed by atoms with E-state index >= 15 is 0 Å². The van der Waals surface area contributed by atoms with E-state index < -0.39 is 9.84 Å². The van der Waals surface area contributed by atoms with Crippen LogP contribution in [0.5, 0.6) is 0 Å². The van der Waals surface area contributed by atoms with Gasteiger partial charge in [-0.25, -0.2) is 13.4 Å². The summed E-state index contributed by atoms with van der Waals surface area (Å²) in [7, 11) is -3.16. The zero-order valence-electron chi connectivity index (χ0n) is 8.10. The van der Waals surface area contributed by atoms with Crippen LogP contribution in [0.4, 0.5) is 5.13 Å². The molecule has 80 valence electrons. The van der Waals surface area contributed by atoms with E-state index in [2.05, 4.69) is 4.98 Å². The number of nitrogens with zero attached hydrogens (tertiary/aromatic N) is 1. The van der Waals surface area contributed by atoms with Crippen molar-refractivity contribution in [1.82, 2.24) is 4.98 Å². The number of thiazole rings is 1. The third kappa shape index (κ3) is 1.82. The molecule has 0 aliphatic carbocycles. The van der Waals surface area contributed by atoms with Crippen molar-refractivity contribution >= 4 is 36.5 Å². The fourth-order valence-electron chi connectivity index (χ4n) is 1.29. The molecule has 2 N–H and O–H groups in total. The van der Waals surface area contributed by atoms with E-state index in [9.17, 15) is 8.42 Å². The van der Waals surface area contributed by atoms with Gasteiger partial charge in [-0.2, -0.15) is 0 Å². The first-order valence-corrected chi connectivity index (χ1v) is 6.88. The molecule has 0 saturated carbocycles. The fraction of sp³-hybridized carbons (Fsp3) is 0.222. The maximum atomic E-state index is 11.6. The molecule has 0 bridgehead atoms. The molecule has 15 heavy (non-hydrogen) atoms. The van der Waals surface area contributed by atoms with Crippen LogP contribution < -0.4 is 5.73 Å². The molecule has 1 aromatic carbocycles. The smallest absolute Gasteiger partial charge is 0.181 e. The summed E-state index contributed by atoms with van der Waals surface area (Å²) in [6.45, 7) is 1.62. The molecule has 0 aliphatic heterocycles. The molecule has 6 heteroatoms. The average molecular weight is 242 g/mol. The lowest BCUT2D eigenvalue weighted by Crippen LogP contribution is -2.03. The standard InChI is InChI=1S/C9H10N2O2S2/c1-2-15(12,13)6-3-4-8-7(5-6)11-9(10)14-8/h3-5H,2H2,1H3,(H2,10,11). The SMILES string of the molecule is CCS(=O)(=O)c1ccc2sc(N)nc2c1. The Morgan fingerprint density at radius 3 is 2.87 bits per heavy atom. The van der Waals surface area contributed by atoms with Crippen LogP contribution in [0.15, 0.2) is 23.1 Å². The maximum absolute atomic E-state index is 11.6. The first-order chi connectivity index (χ1) is 7.03. The van der Waals surface area contributed by atoms with Gasteiger partial charge in [-0.1, -0.05) is 18.3 Å². The summed E-state index contributed by atoms with van der Waals surface area (Å²) in [5, 5.41) is 0.455. The average Bonchev–Trinajstić information content (AvgIpc) is 2.56. The highest BCUT2D eigenvalue weighted by Crippen LogP contribution is 2.26. The van der Waals surface area contributed by atoms with Crippen LogP contribution in [-0.2, 0) is 9.84 Å². The van der Waals surface area contributed by atoms with Crippen LogP contribution in [0.25, 0.3) is 10.2 Å². The molecule has 0 aliphatic rings. The van der Waals surface area contributed by atoms with Gasteiger partial charge >= 0.3 is 0 Å². The fourth-order valence-corrected chi connectivity index (χ4v) is 2.90. The highest BCUT2D eigenvalue weighted by molar-refractivity contribution is 7.91. The summed E-state index contributed by atoms with van der Waals surface area (Å²) >= 11 is 1.35. The zero-order valence-corrected chi connectivity index (χ0v) is 9.73. The van der Waals surface area contributed by atoms with E-state index in [0.717, 1.165) is 4.70 Å². The molecule has 1 aromatic heterocycles. The van der Waals surface area contributed by atoms with Gasteiger partial charge in [-0.15, -0.1) is 0 Å². The van der Waals surface area contributed by atoms with Gasteiger partial charge in [-0.3, -0.25) is 0 Å². The Hall–Kier alpha value is -1.14. The van der Waals surface area contributed by atoms with Gasteiger partial charge in [0, 0.05) is 0 Å². The first-order valence-electron chi connectivity index (χ1n) is 4.42. The van der Waals surface area contributed by atoms with Crippen molar-refractivity contribution in [3.8, 4) is 0 Å². The molecular weight excluding hydrogens is 232 g/mol. The minimum absolute atomic E-state index is 0.0954. The molecule has 0 spiro atoms. The lowest BCUT2D eigenvalue weighted by molar-refractivity contribution is 0.597. The molecule has 0 fully saturated rings. The van der Waals surface area contributed by atoms with Crippen molar-refractivity contribution in [3.05, 3.63) is 18.2 Å². The van der Waals surface area contributed by atoms with Gasteiger partial charge in [0.1, 0.15) is 0 Å². The van der Waals surface area contributed by atoms with Crippen molar-refractivity contribution in [1.29, 1.82) is 0 Å². The van der Waals surface area contributed by atoms with Crippen LogP contribution in [0.1, 0.15) is 6.92 Å². The highest BCUT2D eigenvalue weighted by Gasteiger charge is 2.12. The summed E-state index contributed by atoms with van der Waals surface area (Å²) < 4.78 is 24.1. The lowest BCUT2D eigenvalue weighted by atomic mass is 10.3. The van der Waals surface area contributed by atoms with Crippen molar-refractivity contribution < 1.29 is 8.42 Å². The molecule has 0 atom stereocenters. The molecule has 4 nitrogen and oxygen atoms in total. The van der Waals surface area contributed by atoms with E-state index in [0.29, 0.717) is 15.5 Å². The summed E-state index contributed by atoms with van der Waals surface area (Å²) in [5.41, 5.74) is 6.19. The van der Waals surface area contributed by atoms with E-state index in [1.807, 2.05) is 0 Å². The van der Waals surface area contributed by atoms with Crippen molar-refractivity contribution in [2.75, 3.05) is 11.5 Å². The van der Waals surface area contributed by atoms with Crippen LogP contribution in [0, 0.1) is 0 Å². The minimum Gasteiger partial charge on any atom is -0.375 e. The number of rotatable bonds is 2. The van der Waals surface area contributed by atoms with Gasteiger partial charge in [-0.05, 0) is 18.2 Å². The molecule has 0 amide bonds. The molecule has 2 rings (SSSR count). The maximum Gasteiger partial charge on any atom is 0.181 e. The summed E-state index contributed by atoms with van der Waals surface area (Å²) in [4.78, 5) is 4.36. The number of fused-ring (bicyclic) bond motifs is 1. The Bertz CT molecular complexity index is 602. The first kappa shape index (κ1) is 10.4. The van der Waals surface area contributed by atoms with Gasteiger partial charge in [0.2, 0.25) is 0 Å². The molecule has 0 saturated heterocycles. The number of hydrogen-bond acceptors (Lipinski definition) is 5. The Balaban J connectivity index is 2.66. The Morgan fingerprint density at radius 2 is 2.20 bits per heavy atom. The quantitative estimate of drug-likeness (QED) is 0.869. The third-order valence-electron chi connectivity index (χ3n) is 2.11. The molecule has 0 radical (unpaired) electrons. The number of anilines is 1. The van der Waals surface area contributed by atoms with Crippen LogP contribution in [0.2, 0.25) is 0 Å². The zero-order chi connectivity index (χ0) is 11.1. The van der Waals surface area contributed by atoms with Gasteiger partial charge in [0.05, 0.1) is 20.9 Å². The molecular formula is C9H10N2O2S2. The van der Waals surface area contributed by atoms with Crippen molar-refractivity contribution in [3.63, 3.8) is 0 Å². The topological polar surface area (TPSA) is 73.0 Å². The van der Waals surface area contributed by atoms with Crippen LogP contribution in [0.3, 0.4) is 0 Å². The summed E-state index contributed by atoms with van der Waals surface area (Å²) in [6.07, 6.45) is 0. The van der Waals surface area contributed by atoms with E-state index in [1.54, 1.807) is 25.1 Å². The minimum atomic E-state index is -3.16. The monoisotopic (exact) mass is 242 g/mol. The Morgan fingerprint density at radius 1 is 1.47 bits per heavy atom. The number of nitrogens with two attached hydrogens (primary N) is 1. The van der Waals surface area contributed by atoms with Crippen molar-refractivity contribution in [2.24, 2.45) is 0 Å². The van der Waals surface area contributed by atoms with Crippen molar-refractivity contribution in [2.45, 2.75) is 11.8 Å². The predicted octanol–water partition coefficient (Wildman–Crippen LogP) is 1.67. The van der Waals surface area contributed by atoms with E-state index in [4.69, 9.17) is 5.73 Å². The molecule has 2 aromatic rings. The molecule has 0 unspecified atom stereocenters. The van der Waals surface area contributed by atoms with Gasteiger partial charge in [0.25, 0.3) is 0 Å². The summed E-state index contributed by atoms with van der Waals surface area (Å²) in [5.74, 6) is 0.0954. The second-order valence-corrected chi connectivity index (χ2v) is 6.43. The second-order valence-electron chi connectivity index (χ2n) is 3.09. The highest BCUT2D eigenvalue weighted by atomic mass is 32.2.